The molecule has 3 N–H and O–H groups in total. The number of rotatable bonds is 5. The topological polar surface area (TPSA) is 89.3 Å². The molecule has 0 aliphatic carbocycles. The van der Waals surface area contributed by atoms with Crippen LogP contribution in [-0.4, -0.2) is 38.9 Å². The first-order valence-electron chi connectivity index (χ1n) is 5.60. The van der Waals surface area contributed by atoms with E-state index in [0.717, 1.165) is 0 Å². The smallest absolute Gasteiger partial charge is 0.220 e. The van der Waals surface area contributed by atoms with Crippen molar-refractivity contribution >= 4 is 15.7 Å². The highest BCUT2D eigenvalue weighted by Crippen LogP contribution is 2.17. The summed E-state index contributed by atoms with van der Waals surface area (Å²) in [6.45, 7) is 2.88. The molecule has 1 aliphatic rings. The molecule has 5 nitrogen and oxygen atoms in total. The van der Waals surface area contributed by atoms with Gasteiger partial charge in [0.15, 0.2) is 9.84 Å². The highest BCUT2D eigenvalue weighted by atomic mass is 32.2. The molecule has 0 spiro atoms. The van der Waals surface area contributed by atoms with Crippen LogP contribution < -0.4 is 11.1 Å². The van der Waals surface area contributed by atoms with Gasteiger partial charge in [0.25, 0.3) is 0 Å². The third-order valence-electron chi connectivity index (χ3n) is 2.85. The van der Waals surface area contributed by atoms with Crippen LogP contribution in [0.3, 0.4) is 0 Å². The third kappa shape index (κ3) is 4.49. The number of hydrogen-bond acceptors (Lipinski definition) is 4. The van der Waals surface area contributed by atoms with Crippen LogP contribution in [0.15, 0.2) is 0 Å². The second-order valence-electron chi connectivity index (χ2n) is 4.62. The van der Waals surface area contributed by atoms with Gasteiger partial charge >= 0.3 is 0 Å². The minimum atomic E-state index is -2.84. The second-order valence-corrected chi connectivity index (χ2v) is 6.85. The number of nitrogens with two attached hydrogens (primary N) is 1. The molecule has 16 heavy (non-hydrogen) atoms. The van der Waals surface area contributed by atoms with Gasteiger partial charge in [-0.1, -0.05) is 6.92 Å². The van der Waals surface area contributed by atoms with Crippen molar-refractivity contribution in [2.45, 2.75) is 19.8 Å². The Hall–Kier alpha value is -0.620. The minimum absolute atomic E-state index is 0.0396. The van der Waals surface area contributed by atoms with Gasteiger partial charge in [0.05, 0.1) is 11.5 Å². The largest absolute Gasteiger partial charge is 0.356 e. The molecular weight excluding hydrogens is 228 g/mol. The Morgan fingerprint density at radius 2 is 2.25 bits per heavy atom. The fraction of sp³-hybridized carbons (Fsp3) is 0.900. The first-order valence-corrected chi connectivity index (χ1v) is 7.42. The van der Waals surface area contributed by atoms with Crippen molar-refractivity contribution < 1.29 is 13.2 Å². The van der Waals surface area contributed by atoms with Crippen LogP contribution in [0.25, 0.3) is 0 Å². The third-order valence-corrected chi connectivity index (χ3v) is 4.69. The van der Waals surface area contributed by atoms with Gasteiger partial charge in [-0.15, -0.1) is 0 Å². The molecule has 1 aliphatic heterocycles. The van der Waals surface area contributed by atoms with E-state index < -0.39 is 9.84 Å². The molecule has 1 amide bonds. The molecule has 94 valence electrons. The fourth-order valence-electron chi connectivity index (χ4n) is 1.76. The van der Waals surface area contributed by atoms with Gasteiger partial charge in [-0.2, -0.15) is 0 Å². The van der Waals surface area contributed by atoms with Crippen molar-refractivity contribution in [2.75, 3.05) is 24.6 Å². The lowest BCUT2D eigenvalue weighted by atomic mass is 10.1. The van der Waals surface area contributed by atoms with Gasteiger partial charge in [0.2, 0.25) is 5.91 Å². The number of hydrogen-bond donors (Lipinski definition) is 2. The molecule has 0 radical (unpaired) electrons. The first-order chi connectivity index (χ1) is 7.43. The van der Waals surface area contributed by atoms with E-state index in [9.17, 15) is 13.2 Å². The van der Waals surface area contributed by atoms with Crippen molar-refractivity contribution in [1.29, 1.82) is 0 Å². The van der Waals surface area contributed by atoms with E-state index in [2.05, 4.69) is 5.32 Å². The predicted molar refractivity (Wildman–Crippen MR) is 62.6 cm³/mol. The lowest BCUT2D eigenvalue weighted by molar-refractivity contribution is -0.122. The Balaban J connectivity index is 2.23. The predicted octanol–water partition coefficient (Wildman–Crippen LogP) is -0.478. The van der Waals surface area contributed by atoms with E-state index in [1.54, 1.807) is 0 Å². The molecular formula is C10H20N2O3S. The van der Waals surface area contributed by atoms with E-state index in [4.69, 9.17) is 5.73 Å². The minimum Gasteiger partial charge on any atom is -0.356 e. The number of sulfone groups is 1. The molecule has 2 atom stereocenters. The van der Waals surface area contributed by atoms with E-state index >= 15 is 0 Å². The van der Waals surface area contributed by atoms with Gasteiger partial charge in [-0.05, 0) is 24.8 Å². The molecule has 1 heterocycles. The molecule has 2 unspecified atom stereocenters. The summed E-state index contributed by atoms with van der Waals surface area (Å²) in [4.78, 5) is 11.4. The number of amides is 1. The summed E-state index contributed by atoms with van der Waals surface area (Å²) in [6.07, 6.45) is 1.07. The lowest BCUT2D eigenvalue weighted by Crippen LogP contribution is -2.31. The molecule has 0 aromatic heterocycles. The standard InChI is InChI=1S/C10H20N2O3S/c1-8(5-11)4-10(13)12-6-9-2-3-16(14,15)7-9/h8-9H,2-7,11H2,1H3,(H,12,13). The van der Waals surface area contributed by atoms with Gasteiger partial charge in [-0.3, -0.25) is 4.79 Å². The Morgan fingerprint density at radius 1 is 1.56 bits per heavy atom. The molecule has 6 heteroatoms. The monoisotopic (exact) mass is 248 g/mol. The molecule has 0 bridgehead atoms. The highest BCUT2D eigenvalue weighted by Gasteiger charge is 2.27. The number of nitrogens with one attached hydrogen (secondary N) is 1. The van der Waals surface area contributed by atoms with Crippen molar-refractivity contribution in [3.8, 4) is 0 Å². The average Bonchev–Trinajstić information content (AvgIpc) is 2.55. The van der Waals surface area contributed by atoms with Gasteiger partial charge in [-0.25, -0.2) is 8.42 Å². The van der Waals surface area contributed by atoms with Crippen LogP contribution in [0.2, 0.25) is 0 Å². The van der Waals surface area contributed by atoms with Crippen LogP contribution in [0, 0.1) is 11.8 Å². The maximum atomic E-state index is 11.4. The van der Waals surface area contributed by atoms with Crippen molar-refractivity contribution in [3.05, 3.63) is 0 Å². The summed E-state index contributed by atoms with van der Waals surface area (Å²) < 4.78 is 22.4. The van der Waals surface area contributed by atoms with E-state index in [1.165, 1.54) is 0 Å². The Kier molecular flexibility index (Phi) is 4.73. The zero-order chi connectivity index (χ0) is 12.2. The summed E-state index contributed by atoms with van der Waals surface area (Å²) in [5.41, 5.74) is 5.41. The van der Waals surface area contributed by atoms with Crippen molar-refractivity contribution in [1.82, 2.24) is 5.32 Å². The summed E-state index contributed by atoms with van der Waals surface area (Å²) in [5, 5.41) is 2.77. The Bertz CT molecular complexity index is 340. The first kappa shape index (κ1) is 13.4. The zero-order valence-corrected chi connectivity index (χ0v) is 10.4. The van der Waals surface area contributed by atoms with Gasteiger partial charge in [0.1, 0.15) is 0 Å². The summed E-state index contributed by atoms with van der Waals surface area (Å²) in [5.74, 6) is 0.684. The van der Waals surface area contributed by atoms with Crippen molar-refractivity contribution in [2.24, 2.45) is 17.6 Å². The quantitative estimate of drug-likeness (QED) is 0.688. The fourth-order valence-corrected chi connectivity index (χ4v) is 3.63. The van der Waals surface area contributed by atoms with Crippen LogP contribution >= 0.6 is 0 Å². The number of carbonyl (C=O) groups is 1. The zero-order valence-electron chi connectivity index (χ0n) is 9.61. The van der Waals surface area contributed by atoms with Gasteiger partial charge < -0.3 is 11.1 Å². The summed E-state index contributed by atoms with van der Waals surface area (Å²) >= 11 is 0. The van der Waals surface area contributed by atoms with E-state index in [1.807, 2.05) is 6.92 Å². The number of carbonyl (C=O) groups excluding carboxylic acids is 1. The molecule has 0 aromatic carbocycles. The van der Waals surface area contributed by atoms with E-state index in [0.29, 0.717) is 25.9 Å². The SMILES string of the molecule is CC(CN)CC(=O)NCC1CCS(=O)(=O)C1. The lowest BCUT2D eigenvalue weighted by Gasteiger charge is -2.11. The molecule has 1 saturated heterocycles. The second kappa shape index (κ2) is 5.63. The van der Waals surface area contributed by atoms with Crippen molar-refractivity contribution in [3.63, 3.8) is 0 Å². The highest BCUT2D eigenvalue weighted by molar-refractivity contribution is 7.91. The average molecular weight is 248 g/mol. The molecule has 0 saturated carbocycles. The Morgan fingerprint density at radius 3 is 2.75 bits per heavy atom. The molecule has 0 aromatic rings. The maximum Gasteiger partial charge on any atom is 0.220 e. The summed E-state index contributed by atoms with van der Waals surface area (Å²) in [6, 6.07) is 0. The van der Waals surface area contributed by atoms with Crippen LogP contribution in [-0.2, 0) is 14.6 Å². The normalized spacial score (nSPS) is 25.2. The Labute approximate surface area is 96.7 Å². The van der Waals surface area contributed by atoms with Crippen LogP contribution in [0.1, 0.15) is 19.8 Å². The summed E-state index contributed by atoms with van der Waals surface area (Å²) in [7, 11) is -2.84. The molecule has 1 rings (SSSR count). The maximum absolute atomic E-state index is 11.4. The van der Waals surface area contributed by atoms with Crippen LogP contribution in [0.5, 0.6) is 0 Å². The molecule has 1 fully saturated rings. The van der Waals surface area contributed by atoms with Gasteiger partial charge in [0, 0.05) is 13.0 Å². The van der Waals surface area contributed by atoms with E-state index in [-0.39, 0.29) is 29.2 Å². The van der Waals surface area contributed by atoms with Crippen LogP contribution in [0.4, 0.5) is 0 Å².